The summed E-state index contributed by atoms with van der Waals surface area (Å²) in [5.74, 6) is 0.670. The molecule has 0 aliphatic carbocycles. The van der Waals surface area contributed by atoms with Crippen molar-refractivity contribution in [2.24, 2.45) is 0 Å². The van der Waals surface area contributed by atoms with E-state index in [1.807, 2.05) is 0 Å². The summed E-state index contributed by atoms with van der Waals surface area (Å²) < 4.78 is 42.6. The van der Waals surface area contributed by atoms with Gasteiger partial charge >= 0.3 is 6.18 Å². The largest absolute Gasteiger partial charge is 0.496 e. The second-order valence-electron chi connectivity index (χ2n) is 4.50. The maximum atomic E-state index is 12.5. The Hall–Kier alpha value is -2.37. The summed E-state index contributed by atoms with van der Waals surface area (Å²) in [4.78, 5) is 0. The van der Waals surface area contributed by atoms with E-state index in [0.29, 0.717) is 23.7 Å². The Balaban J connectivity index is 2.08. The summed E-state index contributed by atoms with van der Waals surface area (Å²) in [6.45, 7) is 0.402. The maximum Gasteiger partial charge on any atom is 0.416 e. The molecule has 21 heavy (non-hydrogen) atoms. The average molecular weight is 296 g/mol. The molecule has 0 fully saturated rings. The van der Waals surface area contributed by atoms with Gasteiger partial charge in [-0.1, -0.05) is 0 Å². The van der Waals surface area contributed by atoms with Crippen molar-refractivity contribution in [1.29, 1.82) is 0 Å². The number of nitrogens with two attached hydrogens (primary N) is 1. The molecule has 0 heterocycles. The maximum absolute atomic E-state index is 12.5. The van der Waals surface area contributed by atoms with Gasteiger partial charge in [0.2, 0.25) is 0 Å². The number of alkyl halides is 3. The lowest BCUT2D eigenvalue weighted by atomic mass is 10.1. The molecule has 2 aromatic carbocycles. The molecule has 0 aliphatic heterocycles. The number of rotatable bonds is 4. The fraction of sp³-hybridized carbons (Fsp3) is 0.200. The molecular weight excluding hydrogens is 281 g/mol. The number of anilines is 2. The van der Waals surface area contributed by atoms with E-state index >= 15 is 0 Å². The molecule has 0 saturated carbocycles. The van der Waals surface area contributed by atoms with Crippen molar-refractivity contribution in [3.8, 4) is 5.75 Å². The predicted molar refractivity (Wildman–Crippen MR) is 76.2 cm³/mol. The Kier molecular flexibility index (Phi) is 4.26. The van der Waals surface area contributed by atoms with Crippen molar-refractivity contribution in [1.82, 2.24) is 0 Å². The van der Waals surface area contributed by atoms with Crippen molar-refractivity contribution >= 4 is 11.4 Å². The lowest BCUT2D eigenvalue weighted by Gasteiger charge is -2.12. The van der Waals surface area contributed by atoms with Crippen LogP contribution in [0.25, 0.3) is 0 Å². The predicted octanol–water partition coefficient (Wildman–Crippen LogP) is 3.91. The van der Waals surface area contributed by atoms with E-state index in [1.54, 1.807) is 25.3 Å². The average Bonchev–Trinajstić information content (AvgIpc) is 2.45. The molecule has 0 spiro atoms. The van der Waals surface area contributed by atoms with Crippen molar-refractivity contribution < 1.29 is 17.9 Å². The first-order valence-corrected chi connectivity index (χ1v) is 6.23. The Morgan fingerprint density at radius 3 is 2.33 bits per heavy atom. The Morgan fingerprint density at radius 1 is 1.10 bits per heavy atom. The van der Waals surface area contributed by atoms with Crippen LogP contribution in [-0.4, -0.2) is 7.11 Å². The highest BCUT2D eigenvalue weighted by Crippen LogP contribution is 2.30. The molecular formula is C15H15F3N2O. The van der Waals surface area contributed by atoms with Crippen molar-refractivity contribution in [3.05, 3.63) is 53.6 Å². The van der Waals surface area contributed by atoms with Gasteiger partial charge in [-0.3, -0.25) is 0 Å². The van der Waals surface area contributed by atoms with Crippen LogP contribution < -0.4 is 15.8 Å². The minimum absolute atomic E-state index is 0.402. The molecule has 0 saturated heterocycles. The summed E-state index contributed by atoms with van der Waals surface area (Å²) in [5, 5.41) is 3.04. The quantitative estimate of drug-likeness (QED) is 0.841. The van der Waals surface area contributed by atoms with Crippen LogP contribution in [0.15, 0.2) is 42.5 Å². The van der Waals surface area contributed by atoms with Crippen molar-refractivity contribution in [3.63, 3.8) is 0 Å². The van der Waals surface area contributed by atoms with Gasteiger partial charge in [-0.25, -0.2) is 0 Å². The van der Waals surface area contributed by atoms with E-state index in [1.165, 1.54) is 12.1 Å². The molecule has 0 atom stereocenters. The number of ether oxygens (including phenoxy) is 1. The highest BCUT2D eigenvalue weighted by atomic mass is 19.4. The van der Waals surface area contributed by atoms with Crippen LogP contribution in [0, 0.1) is 0 Å². The number of nitrogen functional groups attached to an aromatic ring is 1. The number of hydrogen-bond acceptors (Lipinski definition) is 3. The van der Waals surface area contributed by atoms with Gasteiger partial charge in [-0.15, -0.1) is 0 Å². The Labute approximate surface area is 120 Å². The van der Waals surface area contributed by atoms with Crippen LogP contribution >= 0.6 is 0 Å². The lowest BCUT2D eigenvalue weighted by molar-refractivity contribution is -0.137. The van der Waals surface area contributed by atoms with Gasteiger partial charge < -0.3 is 15.8 Å². The summed E-state index contributed by atoms with van der Waals surface area (Å²) in [6, 6.07) is 10.1. The first-order chi connectivity index (χ1) is 9.90. The second kappa shape index (κ2) is 5.95. The standard InChI is InChI=1S/C15H15F3N2O/c1-21-14-7-4-12(19)8-10(14)9-20-13-5-2-11(3-6-13)15(16,17)18/h2-8,20H,9,19H2,1H3. The molecule has 2 rings (SSSR count). The Morgan fingerprint density at radius 2 is 1.76 bits per heavy atom. The van der Waals surface area contributed by atoms with E-state index in [-0.39, 0.29) is 0 Å². The molecule has 0 bridgehead atoms. The van der Waals surface area contributed by atoms with Gasteiger partial charge in [-0.05, 0) is 42.5 Å². The molecule has 0 radical (unpaired) electrons. The number of nitrogens with one attached hydrogen (secondary N) is 1. The number of methoxy groups -OCH3 is 1. The van der Waals surface area contributed by atoms with Crippen LogP contribution in [0.5, 0.6) is 5.75 Å². The van der Waals surface area contributed by atoms with E-state index in [9.17, 15) is 13.2 Å². The molecule has 0 aliphatic rings. The van der Waals surface area contributed by atoms with Gasteiger partial charge in [-0.2, -0.15) is 13.2 Å². The molecule has 0 amide bonds. The van der Waals surface area contributed by atoms with E-state index in [2.05, 4.69) is 5.32 Å². The van der Waals surface area contributed by atoms with Crippen LogP contribution in [-0.2, 0) is 12.7 Å². The SMILES string of the molecule is COc1ccc(N)cc1CNc1ccc(C(F)(F)F)cc1. The fourth-order valence-electron chi connectivity index (χ4n) is 1.91. The highest BCUT2D eigenvalue weighted by molar-refractivity contribution is 5.51. The minimum Gasteiger partial charge on any atom is -0.496 e. The molecule has 0 aromatic heterocycles. The number of hydrogen-bond donors (Lipinski definition) is 2. The van der Waals surface area contributed by atoms with Gasteiger partial charge in [0.1, 0.15) is 5.75 Å². The zero-order chi connectivity index (χ0) is 15.5. The van der Waals surface area contributed by atoms with Gasteiger partial charge in [0.05, 0.1) is 12.7 Å². The van der Waals surface area contributed by atoms with Crippen LogP contribution in [0.2, 0.25) is 0 Å². The monoisotopic (exact) mass is 296 g/mol. The van der Waals surface area contributed by atoms with Crippen LogP contribution in [0.4, 0.5) is 24.5 Å². The molecule has 6 heteroatoms. The number of halogens is 3. The van der Waals surface area contributed by atoms with Crippen molar-refractivity contribution in [2.75, 3.05) is 18.2 Å². The molecule has 112 valence electrons. The second-order valence-corrected chi connectivity index (χ2v) is 4.50. The molecule has 2 aromatic rings. The Bertz CT molecular complexity index is 609. The third-order valence-corrected chi connectivity index (χ3v) is 3.00. The molecule has 3 nitrogen and oxygen atoms in total. The first-order valence-electron chi connectivity index (χ1n) is 6.23. The van der Waals surface area contributed by atoms with E-state index in [0.717, 1.165) is 17.7 Å². The van der Waals surface area contributed by atoms with Crippen LogP contribution in [0.3, 0.4) is 0 Å². The van der Waals surface area contributed by atoms with Gasteiger partial charge in [0.25, 0.3) is 0 Å². The lowest BCUT2D eigenvalue weighted by Crippen LogP contribution is -2.06. The summed E-state index contributed by atoms with van der Waals surface area (Å²) in [5.41, 5.74) is 7.06. The zero-order valence-corrected chi connectivity index (χ0v) is 11.4. The minimum atomic E-state index is -4.32. The van der Waals surface area contributed by atoms with E-state index < -0.39 is 11.7 Å². The van der Waals surface area contributed by atoms with Gasteiger partial charge in [0, 0.05) is 23.5 Å². The fourth-order valence-corrected chi connectivity index (χ4v) is 1.91. The number of benzene rings is 2. The van der Waals surface area contributed by atoms with Crippen molar-refractivity contribution in [2.45, 2.75) is 12.7 Å². The third-order valence-electron chi connectivity index (χ3n) is 3.00. The summed E-state index contributed by atoms with van der Waals surface area (Å²) in [7, 11) is 1.55. The highest BCUT2D eigenvalue weighted by Gasteiger charge is 2.29. The smallest absolute Gasteiger partial charge is 0.416 e. The third kappa shape index (κ3) is 3.81. The first kappa shape index (κ1) is 15.0. The zero-order valence-electron chi connectivity index (χ0n) is 11.4. The topological polar surface area (TPSA) is 47.3 Å². The molecule has 3 N–H and O–H groups in total. The molecule has 0 unspecified atom stereocenters. The van der Waals surface area contributed by atoms with Crippen LogP contribution in [0.1, 0.15) is 11.1 Å². The van der Waals surface area contributed by atoms with Gasteiger partial charge in [0.15, 0.2) is 0 Å². The normalized spacial score (nSPS) is 11.2. The summed E-state index contributed by atoms with van der Waals surface area (Å²) >= 11 is 0. The summed E-state index contributed by atoms with van der Waals surface area (Å²) in [6.07, 6.45) is -4.32. The van der Waals surface area contributed by atoms with E-state index in [4.69, 9.17) is 10.5 Å².